The number of ether oxygens (including phenoxy) is 6. The molecule has 29 heteroatoms. The summed E-state index contributed by atoms with van der Waals surface area (Å²) in [4.78, 5) is 103. The van der Waals surface area contributed by atoms with Crippen LogP contribution in [0.2, 0.25) is 0 Å². The van der Waals surface area contributed by atoms with Crippen LogP contribution in [0, 0.1) is 0 Å². The molecule has 0 radical (unpaired) electrons. The Hall–Kier alpha value is -10.4. The van der Waals surface area contributed by atoms with Gasteiger partial charge in [0.15, 0.2) is 0 Å². The largest absolute Gasteiger partial charge is 0.378 e. The van der Waals surface area contributed by atoms with Gasteiger partial charge in [-0.2, -0.15) is 0 Å². The Morgan fingerprint density at radius 3 is 1.20 bits per heavy atom. The number of nitrogens with one attached hydrogen (secondary N) is 5. The van der Waals surface area contributed by atoms with E-state index < -0.39 is 10.0 Å². The van der Waals surface area contributed by atoms with E-state index >= 15 is 0 Å². The minimum absolute atomic E-state index is 0.0612. The maximum absolute atomic E-state index is 13.9. The predicted molar refractivity (Wildman–Crippen MR) is 480 cm³/mol. The summed E-state index contributed by atoms with van der Waals surface area (Å²) in [5.41, 5.74) is 18.2. The van der Waals surface area contributed by atoms with E-state index in [1.54, 1.807) is 109 Å². The van der Waals surface area contributed by atoms with Gasteiger partial charge in [-0.3, -0.25) is 38.7 Å². The Morgan fingerprint density at radius 1 is 0.418 bits per heavy atom. The third-order valence-electron chi connectivity index (χ3n) is 21.4. The van der Waals surface area contributed by atoms with Crippen LogP contribution in [0.15, 0.2) is 170 Å². The van der Waals surface area contributed by atoms with Gasteiger partial charge < -0.3 is 84.8 Å². The van der Waals surface area contributed by atoms with Crippen LogP contribution in [0.1, 0.15) is 150 Å². The highest BCUT2D eigenvalue weighted by Gasteiger charge is 2.27. The minimum Gasteiger partial charge on any atom is -0.378 e. The van der Waals surface area contributed by atoms with Crippen molar-refractivity contribution < 1.29 is 65.6 Å². The van der Waals surface area contributed by atoms with E-state index in [1.165, 1.54) is 16.7 Å². The Kier molecular flexibility index (Phi) is 39.3. The summed E-state index contributed by atoms with van der Waals surface area (Å²) in [7, 11) is 4.22. The maximum atomic E-state index is 13.9. The number of nitrogens with zero attached hydrogens (tertiary/aromatic N) is 8. The number of carbonyl (C=O) groups excluding carboxylic acids is 6. The lowest BCUT2D eigenvalue weighted by Crippen LogP contribution is -2.36. The smallest absolute Gasteiger partial charge is 0.255 e. The first-order valence-corrected chi connectivity index (χ1v) is 44.3. The van der Waals surface area contributed by atoms with E-state index in [4.69, 9.17) is 34.2 Å². The van der Waals surface area contributed by atoms with Crippen molar-refractivity contribution in [2.75, 3.05) is 213 Å². The van der Waals surface area contributed by atoms with E-state index in [9.17, 15) is 37.2 Å². The summed E-state index contributed by atoms with van der Waals surface area (Å²) >= 11 is 0. The topological polar surface area (TPSA) is 323 Å². The van der Waals surface area contributed by atoms with Gasteiger partial charge in [0.05, 0.1) is 120 Å². The highest BCUT2D eigenvalue weighted by molar-refractivity contribution is 7.88. The number of fused-ring (bicyclic) bond motifs is 2. The SMILES string of the molecule is CCN(CC)c1ccc(NC(=O)c2cccc(C(=O)N(C)CCN(C)CCOCCOCCOCCN)c2)c(-c2cc(C(=O)N[C@H]3CCCc4ccccc43)ccn2)c1.CCN(CC)c1ccc(NC(=O)c2cccc(C(=O)N(C)CCN(C)CCOCCOCCOCCNS(C)(=O)=O)c2)c(-c2cc(C(=O)N[C@H]3CCCc4ccccc43)ccn2)c1. The molecule has 0 bridgehead atoms. The molecular weight excluding hydrogens is 1570 g/mol. The number of hydrogen-bond acceptors (Lipinski definition) is 21. The number of aromatic nitrogens is 2. The van der Waals surface area contributed by atoms with E-state index in [-0.39, 0.29) is 60.7 Å². The van der Waals surface area contributed by atoms with Crippen LogP contribution >= 0.6 is 0 Å². The molecule has 0 saturated heterocycles. The van der Waals surface area contributed by atoms with Crippen molar-refractivity contribution in [3.05, 3.63) is 226 Å². The Labute approximate surface area is 719 Å². The minimum atomic E-state index is -3.22. The van der Waals surface area contributed by atoms with Gasteiger partial charge in [-0.15, -0.1) is 0 Å². The van der Waals surface area contributed by atoms with Gasteiger partial charge in [0, 0.05) is 161 Å². The Morgan fingerprint density at radius 2 is 0.795 bits per heavy atom. The summed E-state index contributed by atoms with van der Waals surface area (Å²) in [5.74, 6) is -1.50. The van der Waals surface area contributed by atoms with Crippen molar-refractivity contribution in [1.82, 2.24) is 44.9 Å². The number of carbonyl (C=O) groups is 6. The highest BCUT2D eigenvalue weighted by atomic mass is 32.2. The van der Waals surface area contributed by atoms with E-state index in [0.717, 1.165) is 87.9 Å². The molecule has 0 spiro atoms. The molecule has 6 amide bonds. The first-order valence-electron chi connectivity index (χ1n) is 42.4. The van der Waals surface area contributed by atoms with Crippen LogP contribution in [0.3, 0.4) is 0 Å². The third kappa shape index (κ3) is 30.0. The fourth-order valence-corrected chi connectivity index (χ4v) is 14.9. The van der Waals surface area contributed by atoms with E-state index in [1.807, 2.05) is 74.8 Å². The standard InChI is InChI=1S/C47H63N7O8S.C46H61N7O6/c1-6-54(7-2)39-18-19-43(41(34-39)44-33-37(20-21-48-44)46(56)50-42-17-11-13-35-12-8-9-16-40(35)42)51-45(55)36-14-10-15-38(32-36)47(57)53(4)24-23-52(3)25-27-61-29-31-62-30-28-60-26-22-49-63(5,58)59;1-5-53(6-2)38-17-18-42(40(33-38)43-32-36(19-21-48-43)45(55)49-41-16-10-12-34-11-7-8-15-39(34)41)50-44(54)35-13-9-14-37(31-35)46(56)52(4)23-22-51(3)24-26-58-28-30-59-29-27-57-25-20-47/h8-10,12,14-16,18-21,32-34,42,49H,6-7,11,13,17,22-31H2,1-5H3,(H,50,56)(H,51,55);7-9,11,13-15,17-19,21,31-33,41H,5-6,10,12,16,20,22-30,47H2,1-4H3,(H,49,55)(H,50,54)/t42-;41-/m00/s1. The molecule has 0 fully saturated rings. The summed E-state index contributed by atoms with van der Waals surface area (Å²) < 4.78 is 57.4. The molecule has 2 atom stereocenters. The van der Waals surface area contributed by atoms with Gasteiger partial charge in [0.2, 0.25) is 10.0 Å². The molecule has 2 aliphatic rings. The van der Waals surface area contributed by atoms with Crippen LogP contribution in [-0.4, -0.2) is 266 Å². The molecule has 6 aromatic carbocycles. The van der Waals surface area contributed by atoms with Crippen molar-refractivity contribution >= 4 is 68.2 Å². The second kappa shape index (κ2) is 50.2. The van der Waals surface area contributed by atoms with Gasteiger partial charge in [0.25, 0.3) is 35.4 Å². The number of aryl methyl sites for hydroxylation is 2. The van der Waals surface area contributed by atoms with Crippen molar-refractivity contribution in [3.8, 4) is 22.5 Å². The molecular formula is C93H124N14O14S. The quantitative estimate of drug-likeness (QED) is 0.0193. The lowest BCUT2D eigenvalue weighted by Gasteiger charge is -2.26. The molecule has 2 aliphatic carbocycles. The molecule has 0 aliphatic heterocycles. The molecule has 656 valence electrons. The van der Waals surface area contributed by atoms with Crippen molar-refractivity contribution in [3.63, 3.8) is 0 Å². The molecule has 0 unspecified atom stereocenters. The van der Waals surface area contributed by atoms with Gasteiger partial charge in [0.1, 0.15) is 0 Å². The average molecular weight is 1690 g/mol. The zero-order valence-electron chi connectivity index (χ0n) is 72.3. The molecule has 28 nitrogen and oxygen atoms in total. The maximum Gasteiger partial charge on any atom is 0.255 e. The fraction of sp³-hybridized carbons (Fsp3) is 0.441. The van der Waals surface area contributed by atoms with Crippen LogP contribution in [0.25, 0.3) is 22.5 Å². The number of sulfonamides is 1. The summed E-state index contributed by atoms with van der Waals surface area (Å²) in [6, 6.07) is 48.5. The highest BCUT2D eigenvalue weighted by Crippen LogP contribution is 2.36. The van der Waals surface area contributed by atoms with E-state index in [0.29, 0.717) is 186 Å². The third-order valence-corrected chi connectivity index (χ3v) is 22.1. The van der Waals surface area contributed by atoms with Crippen molar-refractivity contribution in [2.24, 2.45) is 5.73 Å². The Balaban J connectivity index is 0.000000278. The summed E-state index contributed by atoms with van der Waals surface area (Å²) in [6.45, 7) is 21.3. The molecule has 2 aromatic heterocycles. The second-order valence-electron chi connectivity index (χ2n) is 30.2. The monoisotopic (exact) mass is 1690 g/mol. The molecule has 122 heavy (non-hydrogen) atoms. The lowest BCUT2D eigenvalue weighted by atomic mass is 9.87. The van der Waals surface area contributed by atoms with Gasteiger partial charge in [-0.05, 0) is 200 Å². The van der Waals surface area contributed by atoms with E-state index in [2.05, 4.69) is 108 Å². The number of anilines is 4. The first kappa shape index (κ1) is 95.4. The number of benzene rings is 6. The number of hydrogen-bond donors (Lipinski definition) is 6. The number of likely N-dealkylation sites (N-methyl/N-ethyl adjacent to an activating group) is 4. The molecule has 0 saturated carbocycles. The van der Waals surface area contributed by atoms with Gasteiger partial charge in [-0.1, -0.05) is 60.7 Å². The zero-order chi connectivity index (χ0) is 87.2. The number of rotatable bonds is 48. The first-order chi connectivity index (χ1) is 59.1. The molecule has 8 aromatic rings. The summed E-state index contributed by atoms with van der Waals surface area (Å²) in [6.07, 6.45) is 10.1. The number of pyridine rings is 2. The van der Waals surface area contributed by atoms with Crippen LogP contribution in [-0.2, 0) is 51.3 Å². The second-order valence-corrected chi connectivity index (χ2v) is 32.0. The Bertz CT molecular complexity index is 4800. The molecule has 7 N–H and O–H groups in total. The van der Waals surface area contributed by atoms with Gasteiger partial charge >= 0.3 is 0 Å². The van der Waals surface area contributed by atoms with Crippen LogP contribution in [0.4, 0.5) is 22.7 Å². The molecule has 10 rings (SSSR count). The van der Waals surface area contributed by atoms with Crippen molar-refractivity contribution in [1.29, 1.82) is 0 Å². The average Bonchev–Trinajstić information content (AvgIpc) is 0.799. The zero-order valence-corrected chi connectivity index (χ0v) is 73.1. The molecule has 2 heterocycles. The summed E-state index contributed by atoms with van der Waals surface area (Å²) in [5, 5.41) is 12.6. The normalized spacial score (nSPS) is 13.6. The van der Waals surface area contributed by atoms with Gasteiger partial charge in [-0.25, -0.2) is 13.1 Å². The number of amides is 6. The predicted octanol–water partition coefficient (Wildman–Crippen LogP) is 10.9. The fourth-order valence-electron chi connectivity index (χ4n) is 14.4. The van der Waals surface area contributed by atoms with Crippen LogP contribution < -0.4 is 41.5 Å². The number of nitrogens with two attached hydrogens (primary N) is 1. The lowest BCUT2D eigenvalue weighted by molar-refractivity contribution is 0.0124. The van der Waals surface area contributed by atoms with Crippen LogP contribution in [0.5, 0.6) is 0 Å². The van der Waals surface area contributed by atoms with Crippen molar-refractivity contribution in [2.45, 2.75) is 78.3 Å².